The van der Waals surface area contributed by atoms with E-state index in [0.29, 0.717) is 18.7 Å². The molecule has 1 N–H and O–H groups in total. The summed E-state index contributed by atoms with van der Waals surface area (Å²) in [6, 6.07) is 15.3. The minimum Gasteiger partial charge on any atom is -0.374 e. The molecular formula is C18H19BrFNO. The summed E-state index contributed by atoms with van der Waals surface area (Å²) in [5.41, 5.74) is 1.40. The van der Waals surface area contributed by atoms with Crippen molar-refractivity contribution >= 4 is 15.9 Å². The van der Waals surface area contributed by atoms with Gasteiger partial charge >= 0.3 is 0 Å². The third kappa shape index (κ3) is 3.40. The highest BCUT2D eigenvalue weighted by Gasteiger charge is 2.35. The Labute approximate surface area is 138 Å². The fraction of sp³-hybridized carbons (Fsp3) is 0.333. The zero-order chi connectivity index (χ0) is 15.6. The Morgan fingerprint density at radius 2 is 2.05 bits per heavy atom. The highest BCUT2D eigenvalue weighted by atomic mass is 79.9. The number of ether oxygens (including phenoxy) is 1. The molecule has 0 amide bonds. The summed E-state index contributed by atoms with van der Waals surface area (Å²) < 4.78 is 21.0. The Bertz CT molecular complexity index is 639. The van der Waals surface area contributed by atoms with Crippen molar-refractivity contribution in [1.82, 2.24) is 5.32 Å². The molecule has 0 aliphatic carbocycles. The van der Waals surface area contributed by atoms with E-state index in [1.54, 1.807) is 6.07 Å². The molecule has 2 nitrogen and oxygen atoms in total. The van der Waals surface area contributed by atoms with E-state index in [4.69, 9.17) is 4.74 Å². The molecule has 1 fully saturated rings. The van der Waals surface area contributed by atoms with Crippen molar-refractivity contribution in [3.63, 3.8) is 0 Å². The Hall–Kier alpha value is -1.23. The molecule has 1 aliphatic rings. The zero-order valence-corrected chi connectivity index (χ0v) is 14.1. The van der Waals surface area contributed by atoms with Gasteiger partial charge in [-0.25, -0.2) is 4.39 Å². The van der Waals surface area contributed by atoms with Gasteiger partial charge in [0, 0.05) is 16.6 Å². The van der Waals surface area contributed by atoms with Crippen LogP contribution in [0.5, 0.6) is 0 Å². The maximum absolute atomic E-state index is 14.1. The lowest BCUT2D eigenvalue weighted by Crippen LogP contribution is -2.53. The maximum atomic E-state index is 14.1. The molecule has 0 spiro atoms. The van der Waals surface area contributed by atoms with Gasteiger partial charge in [-0.1, -0.05) is 46.3 Å². The van der Waals surface area contributed by atoms with E-state index in [-0.39, 0.29) is 11.9 Å². The van der Waals surface area contributed by atoms with Crippen LogP contribution in [-0.2, 0) is 16.7 Å². The van der Waals surface area contributed by atoms with E-state index < -0.39 is 5.54 Å². The average molecular weight is 364 g/mol. The molecule has 1 saturated heterocycles. The van der Waals surface area contributed by atoms with Crippen LogP contribution < -0.4 is 5.32 Å². The van der Waals surface area contributed by atoms with Crippen molar-refractivity contribution in [3.8, 4) is 0 Å². The summed E-state index contributed by atoms with van der Waals surface area (Å²) in [6.07, 6.45) is 0.982. The predicted octanol–water partition coefficient (Wildman–Crippen LogP) is 4.03. The minimum absolute atomic E-state index is 0.116. The molecule has 0 aromatic heterocycles. The van der Waals surface area contributed by atoms with E-state index in [9.17, 15) is 4.39 Å². The van der Waals surface area contributed by atoms with E-state index in [1.165, 1.54) is 11.6 Å². The normalized spacial score (nSPS) is 25.1. The van der Waals surface area contributed by atoms with Crippen LogP contribution in [0.3, 0.4) is 0 Å². The second-order valence-electron chi connectivity index (χ2n) is 5.96. The lowest BCUT2D eigenvalue weighted by Gasteiger charge is -2.39. The largest absolute Gasteiger partial charge is 0.374 e. The van der Waals surface area contributed by atoms with Crippen LogP contribution in [0.4, 0.5) is 4.39 Å². The van der Waals surface area contributed by atoms with Gasteiger partial charge < -0.3 is 10.1 Å². The van der Waals surface area contributed by atoms with Crippen molar-refractivity contribution in [3.05, 3.63) is 69.9 Å². The van der Waals surface area contributed by atoms with Crippen molar-refractivity contribution in [2.75, 3.05) is 13.2 Å². The number of hydrogen-bond acceptors (Lipinski definition) is 2. The van der Waals surface area contributed by atoms with Gasteiger partial charge in [-0.15, -0.1) is 0 Å². The molecule has 3 rings (SSSR count). The fourth-order valence-corrected chi connectivity index (χ4v) is 3.20. The number of rotatable bonds is 3. The van der Waals surface area contributed by atoms with Crippen LogP contribution in [0.2, 0.25) is 0 Å². The Kier molecular flexibility index (Phi) is 4.62. The Balaban J connectivity index is 1.69. The second kappa shape index (κ2) is 6.49. The van der Waals surface area contributed by atoms with Gasteiger partial charge in [0.15, 0.2) is 0 Å². The van der Waals surface area contributed by atoms with E-state index in [1.807, 2.05) is 31.2 Å². The summed E-state index contributed by atoms with van der Waals surface area (Å²) in [7, 11) is 0. The van der Waals surface area contributed by atoms with Gasteiger partial charge in [0.2, 0.25) is 0 Å². The maximum Gasteiger partial charge on any atom is 0.128 e. The van der Waals surface area contributed by atoms with E-state index >= 15 is 0 Å². The molecule has 2 aromatic carbocycles. The first kappa shape index (κ1) is 15.7. The molecule has 2 atom stereocenters. The van der Waals surface area contributed by atoms with Gasteiger partial charge in [0.25, 0.3) is 0 Å². The molecule has 0 bridgehead atoms. The third-order valence-corrected chi connectivity index (χ3v) is 4.65. The van der Waals surface area contributed by atoms with Crippen LogP contribution >= 0.6 is 15.9 Å². The number of morpholine rings is 1. The van der Waals surface area contributed by atoms with Crippen LogP contribution in [0.15, 0.2) is 53.0 Å². The second-order valence-corrected chi connectivity index (χ2v) is 6.88. The zero-order valence-electron chi connectivity index (χ0n) is 12.5. The van der Waals surface area contributed by atoms with Crippen LogP contribution in [0.25, 0.3) is 0 Å². The van der Waals surface area contributed by atoms with E-state index in [2.05, 4.69) is 33.4 Å². The van der Waals surface area contributed by atoms with Crippen LogP contribution in [-0.4, -0.2) is 19.3 Å². The summed E-state index contributed by atoms with van der Waals surface area (Å²) in [5, 5.41) is 3.46. The summed E-state index contributed by atoms with van der Waals surface area (Å²) >= 11 is 3.41. The third-order valence-electron chi connectivity index (χ3n) is 4.16. The molecule has 0 radical (unpaired) electrons. The van der Waals surface area contributed by atoms with Crippen molar-refractivity contribution in [2.24, 2.45) is 0 Å². The lowest BCUT2D eigenvalue weighted by molar-refractivity contribution is -0.0295. The molecule has 1 aliphatic heterocycles. The van der Waals surface area contributed by atoms with Gasteiger partial charge in [0.1, 0.15) is 5.82 Å². The molecular weight excluding hydrogens is 345 g/mol. The van der Waals surface area contributed by atoms with Crippen LogP contribution in [0.1, 0.15) is 18.1 Å². The SMILES string of the molecule is C[C@@]1(c2cc(Br)ccc2F)CO[C@@H](Cc2ccccc2)CN1. The number of hydrogen-bond donors (Lipinski definition) is 1. The van der Waals surface area contributed by atoms with Gasteiger partial charge in [-0.05, 0) is 37.1 Å². The Morgan fingerprint density at radius 1 is 1.27 bits per heavy atom. The molecule has 116 valence electrons. The van der Waals surface area contributed by atoms with E-state index in [0.717, 1.165) is 10.9 Å². The molecule has 0 unspecified atom stereocenters. The van der Waals surface area contributed by atoms with Gasteiger partial charge in [0.05, 0.1) is 18.2 Å². The number of benzene rings is 2. The summed E-state index contributed by atoms with van der Waals surface area (Å²) in [6.45, 7) is 3.14. The highest BCUT2D eigenvalue weighted by Crippen LogP contribution is 2.29. The molecule has 1 heterocycles. The quantitative estimate of drug-likeness (QED) is 0.888. The predicted molar refractivity (Wildman–Crippen MR) is 89.3 cm³/mol. The monoisotopic (exact) mass is 363 g/mol. The highest BCUT2D eigenvalue weighted by molar-refractivity contribution is 9.10. The van der Waals surface area contributed by atoms with Crippen molar-refractivity contribution in [2.45, 2.75) is 25.0 Å². The first-order valence-corrected chi connectivity index (χ1v) is 8.22. The molecule has 22 heavy (non-hydrogen) atoms. The van der Waals surface area contributed by atoms with Crippen LogP contribution in [0, 0.1) is 5.82 Å². The van der Waals surface area contributed by atoms with Gasteiger partial charge in [-0.3, -0.25) is 0 Å². The first-order chi connectivity index (χ1) is 10.6. The molecule has 4 heteroatoms. The lowest BCUT2D eigenvalue weighted by atomic mass is 9.90. The van der Waals surface area contributed by atoms with Crippen molar-refractivity contribution < 1.29 is 9.13 Å². The smallest absolute Gasteiger partial charge is 0.128 e. The molecule has 2 aromatic rings. The average Bonchev–Trinajstić information content (AvgIpc) is 2.53. The fourth-order valence-electron chi connectivity index (χ4n) is 2.83. The first-order valence-electron chi connectivity index (χ1n) is 7.43. The van der Waals surface area contributed by atoms with Crippen molar-refractivity contribution in [1.29, 1.82) is 0 Å². The van der Waals surface area contributed by atoms with Gasteiger partial charge in [-0.2, -0.15) is 0 Å². The minimum atomic E-state index is -0.499. The number of halogens is 2. The molecule has 0 saturated carbocycles. The topological polar surface area (TPSA) is 21.3 Å². The standard InChI is InChI=1S/C18H19BrFNO/c1-18(16-10-14(19)7-8-17(16)20)12-22-15(11-21-18)9-13-5-3-2-4-6-13/h2-8,10,15,21H,9,11-12H2,1H3/t15-,18-/m0/s1. The number of nitrogens with one attached hydrogen (secondary N) is 1. The summed E-state index contributed by atoms with van der Waals surface area (Å²) in [4.78, 5) is 0. The Morgan fingerprint density at radius 3 is 2.73 bits per heavy atom. The summed E-state index contributed by atoms with van der Waals surface area (Å²) in [5.74, 6) is -0.205.